The Hall–Kier alpha value is -4.58. The molecule has 0 amide bonds. The predicted octanol–water partition coefficient (Wildman–Crippen LogP) is 17.2. The fraction of sp³-hybridized carbons (Fsp3) is 0.552. The highest BCUT2D eigenvalue weighted by Gasteiger charge is 2.14. The number of rotatable bonds is 30. The first-order chi connectivity index (χ1) is 31.3. The van der Waals surface area contributed by atoms with Crippen molar-refractivity contribution in [3.8, 4) is 0 Å². The summed E-state index contributed by atoms with van der Waals surface area (Å²) in [5, 5.41) is 19.7. The number of carboxylic acids is 2. The Kier molecular flexibility index (Phi) is 28.4. The largest absolute Gasteiger partial charge is 0.478 e. The number of pyridine rings is 2. The Morgan fingerprint density at radius 2 is 0.672 bits per heavy atom. The van der Waals surface area contributed by atoms with Gasteiger partial charge in [-0.2, -0.15) is 0 Å². The third-order valence-electron chi connectivity index (χ3n) is 12.3. The number of fused-ring (bicyclic) bond motifs is 2. The molecular formula is C58H84N2O4. The van der Waals surface area contributed by atoms with Crippen LogP contribution < -0.4 is 0 Å². The Bertz CT molecular complexity index is 1880. The van der Waals surface area contributed by atoms with Crippen LogP contribution in [0.25, 0.3) is 21.8 Å². The van der Waals surface area contributed by atoms with Crippen LogP contribution in [0.4, 0.5) is 0 Å². The second kappa shape index (κ2) is 33.9. The normalized spacial score (nSPS) is 10.9. The molecule has 2 aromatic heterocycles. The SMILES string of the molecule is CCCCCCCCc1ccc2cccc(CCCCCCCC)c2n1.CCCCCCCCc1ccc2cccc(CCCCCCCC)c2n1.O=C(O)c1ccccc1C(=O)O. The minimum atomic E-state index is -1.23. The molecular weight excluding hydrogens is 789 g/mol. The first-order valence-electron chi connectivity index (χ1n) is 25.6. The van der Waals surface area contributed by atoms with Crippen LogP contribution >= 0.6 is 0 Å². The highest BCUT2D eigenvalue weighted by molar-refractivity contribution is 6.01. The van der Waals surface area contributed by atoms with E-state index in [1.54, 1.807) is 0 Å². The fourth-order valence-electron chi connectivity index (χ4n) is 8.40. The summed E-state index contributed by atoms with van der Waals surface area (Å²) in [5.41, 5.74) is 7.58. The maximum atomic E-state index is 10.5. The van der Waals surface area contributed by atoms with Gasteiger partial charge in [-0.1, -0.05) is 217 Å². The summed E-state index contributed by atoms with van der Waals surface area (Å²) >= 11 is 0. The van der Waals surface area contributed by atoms with E-state index in [4.69, 9.17) is 20.2 Å². The molecule has 3 aromatic carbocycles. The molecule has 5 aromatic rings. The van der Waals surface area contributed by atoms with Crippen LogP contribution in [0.2, 0.25) is 0 Å². The van der Waals surface area contributed by atoms with Crippen molar-refractivity contribution in [1.82, 2.24) is 9.97 Å². The molecule has 350 valence electrons. The van der Waals surface area contributed by atoms with Gasteiger partial charge < -0.3 is 10.2 Å². The van der Waals surface area contributed by atoms with Crippen LogP contribution in [0.5, 0.6) is 0 Å². The van der Waals surface area contributed by atoms with Gasteiger partial charge in [-0.05, 0) is 86.8 Å². The van der Waals surface area contributed by atoms with Crippen molar-refractivity contribution in [2.75, 3.05) is 0 Å². The number of benzene rings is 3. The molecule has 0 fully saturated rings. The average Bonchev–Trinajstić information content (AvgIpc) is 3.31. The number of carboxylic acid groups (broad SMARTS) is 2. The molecule has 2 heterocycles. The van der Waals surface area contributed by atoms with Crippen LogP contribution in [-0.4, -0.2) is 32.1 Å². The van der Waals surface area contributed by atoms with Gasteiger partial charge in [-0.15, -0.1) is 0 Å². The Morgan fingerprint density at radius 1 is 0.359 bits per heavy atom. The van der Waals surface area contributed by atoms with Crippen LogP contribution in [0.3, 0.4) is 0 Å². The molecule has 6 heteroatoms. The van der Waals surface area contributed by atoms with Gasteiger partial charge in [-0.25, -0.2) is 9.59 Å². The molecule has 0 unspecified atom stereocenters. The number of carbonyl (C=O) groups is 2. The van der Waals surface area contributed by atoms with Gasteiger partial charge in [0.15, 0.2) is 0 Å². The number of aromatic nitrogens is 2. The minimum absolute atomic E-state index is 0.190. The van der Waals surface area contributed by atoms with Crippen molar-refractivity contribution in [3.63, 3.8) is 0 Å². The summed E-state index contributed by atoms with van der Waals surface area (Å²) < 4.78 is 0. The number of hydrogen-bond acceptors (Lipinski definition) is 4. The lowest BCUT2D eigenvalue weighted by Gasteiger charge is -2.08. The first kappa shape index (κ1) is 53.8. The lowest BCUT2D eigenvalue weighted by molar-refractivity contribution is 0.0651. The van der Waals surface area contributed by atoms with E-state index in [-0.39, 0.29) is 11.1 Å². The van der Waals surface area contributed by atoms with Crippen molar-refractivity contribution in [3.05, 3.63) is 119 Å². The van der Waals surface area contributed by atoms with Gasteiger partial charge in [0.2, 0.25) is 0 Å². The summed E-state index contributed by atoms with van der Waals surface area (Å²) in [6, 6.07) is 27.9. The predicted molar refractivity (Wildman–Crippen MR) is 272 cm³/mol. The monoisotopic (exact) mass is 873 g/mol. The summed E-state index contributed by atoms with van der Waals surface area (Å²) in [6.45, 7) is 9.12. The average molecular weight is 873 g/mol. The first-order valence-corrected chi connectivity index (χ1v) is 25.6. The second-order valence-electron chi connectivity index (χ2n) is 17.8. The van der Waals surface area contributed by atoms with E-state index in [0.717, 1.165) is 12.8 Å². The fourth-order valence-corrected chi connectivity index (χ4v) is 8.40. The maximum absolute atomic E-state index is 10.5. The van der Waals surface area contributed by atoms with Gasteiger partial charge >= 0.3 is 11.9 Å². The highest BCUT2D eigenvalue weighted by atomic mass is 16.4. The van der Waals surface area contributed by atoms with Crippen molar-refractivity contribution in [1.29, 1.82) is 0 Å². The second-order valence-corrected chi connectivity index (χ2v) is 17.8. The van der Waals surface area contributed by atoms with E-state index in [0.29, 0.717) is 0 Å². The zero-order valence-corrected chi connectivity index (χ0v) is 40.5. The third-order valence-corrected chi connectivity index (χ3v) is 12.3. The number of hydrogen-bond donors (Lipinski definition) is 2. The van der Waals surface area contributed by atoms with Gasteiger partial charge in [0, 0.05) is 22.2 Å². The van der Waals surface area contributed by atoms with Crippen molar-refractivity contribution < 1.29 is 19.8 Å². The molecule has 0 radical (unpaired) electrons. The Labute approximate surface area is 388 Å². The minimum Gasteiger partial charge on any atom is -0.478 e. The lowest BCUT2D eigenvalue weighted by Crippen LogP contribution is -2.06. The quantitative estimate of drug-likeness (QED) is 0.0446. The van der Waals surface area contributed by atoms with Crippen molar-refractivity contribution in [2.45, 2.75) is 207 Å². The summed E-state index contributed by atoms with van der Waals surface area (Å²) in [4.78, 5) is 31.0. The van der Waals surface area contributed by atoms with E-state index in [9.17, 15) is 9.59 Å². The summed E-state index contributed by atoms with van der Waals surface area (Å²) in [7, 11) is 0. The third kappa shape index (κ3) is 21.4. The van der Waals surface area contributed by atoms with E-state index in [1.165, 1.54) is 236 Å². The smallest absolute Gasteiger partial charge is 0.336 e. The number of nitrogens with zero attached hydrogens (tertiary/aromatic N) is 2. The maximum Gasteiger partial charge on any atom is 0.336 e. The molecule has 0 saturated heterocycles. The molecule has 0 saturated carbocycles. The molecule has 0 spiro atoms. The molecule has 6 nitrogen and oxygen atoms in total. The number of aromatic carboxylic acids is 2. The molecule has 0 aliphatic heterocycles. The zero-order valence-electron chi connectivity index (χ0n) is 40.5. The zero-order chi connectivity index (χ0) is 46.0. The van der Waals surface area contributed by atoms with Crippen molar-refractivity contribution >= 4 is 33.7 Å². The number of unbranched alkanes of at least 4 members (excludes halogenated alkanes) is 20. The van der Waals surface area contributed by atoms with Crippen LogP contribution in [0.15, 0.2) is 84.9 Å². The molecule has 0 aliphatic rings. The number of para-hydroxylation sites is 2. The van der Waals surface area contributed by atoms with Crippen LogP contribution in [0.1, 0.15) is 225 Å². The van der Waals surface area contributed by atoms with E-state index in [2.05, 4.69) is 88.4 Å². The molecule has 5 rings (SSSR count). The van der Waals surface area contributed by atoms with E-state index in [1.807, 2.05) is 0 Å². The standard InChI is InChI=1S/2C25H39N.C8H6O4/c2*1-3-5-7-9-11-13-16-22-17-15-18-23-20-21-24(26-25(22)23)19-14-12-10-8-6-4-2;9-7(10)5-3-1-2-4-6(5)8(11)12/h2*15,17-18,20-21H,3-14,16,19H2,1-2H3;1-4H,(H,9,10)(H,11,12). The summed E-state index contributed by atoms with van der Waals surface area (Å²) in [5.74, 6) is -2.46. The topological polar surface area (TPSA) is 100 Å². The van der Waals surface area contributed by atoms with Crippen molar-refractivity contribution in [2.24, 2.45) is 0 Å². The molecule has 64 heavy (non-hydrogen) atoms. The number of aryl methyl sites for hydroxylation is 4. The van der Waals surface area contributed by atoms with Gasteiger partial charge in [-0.3, -0.25) is 9.97 Å². The van der Waals surface area contributed by atoms with E-state index < -0.39 is 11.9 Å². The lowest BCUT2D eigenvalue weighted by atomic mass is 10.0. The van der Waals surface area contributed by atoms with E-state index >= 15 is 0 Å². The van der Waals surface area contributed by atoms with Gasteiger partial charge in [0.05, 0.1) is 22.2 Å². The molecule has 2 N–H and O–H groups in total. The van der Waals surface area contributed by atoms with Crippen LogP contribution in [0, 0.1) is 0 Å². The Balaban J connectivity index is 0.000000273. The van der Waals surface area contributed by atoms with Crippen LogP contribution in [-0.2, 0) is 25.7 Å². The van der Waals surface area contributed by atoms with Gasteiger partial charge in [0.1, 0.15) is 0 Å². The molecule has 0 bridgehead atoms. The van der Waals surface area contributed by atoms with Gasteiger partial charge in [0.25, 0.3) is 0 Å². The Morgan fingerprint density at radius 3 is 1.00 bits per heavy atom. The molecule has 0 atom stereocenters. The molecule has 0 aliphatic carbocycles. The highest BCUT2D eigenvalue weighted by Crippen LogP contribution is 2.23. The summed E-state index contributed by atoms with van der Waals surface area (Å²) in [6.07, 6.45) is 37.1.